The number of likely N-dealkylation sites (tertiary alicyclic amines) is 1. The molecule has 0 aromatic heterocycles. The Bertz CT molecular complexity index is 844. The first-order valence-electron chi connectivity index (χ1n) is 14.0. The number of rotatable bonds is 16. The van der Waals surface area contributed by atoms with Crippen LogP contribution in [0.5, 0.6) is 0 Å². The zero-order valence-electron chi connectivity index (χ0n) is 22.5. The van der Waals surface area contributed by atoms with Crippen LogP contribution >= 0.6 is 0 Å². The fraction of sp³-hybridized carbons (Fsp3) is 0.548. The molecular formula is C31H44N2O4. The minimum atomic E-state index is -0.184. The molecule has 1 aliphatic heterocycles. The Labute approximate surface area is 222 Å². The van der Waals surface area contributed by atoms with Gasteiger partial charge in [-0.15, -0.1) is 0 Å². The van der Waals surface area contributed by atoms with Crippen LogP contribution in [-0.2, 0) is 31.9 Å². The summed E-state index contributed by atoms with van der Waals surface area (Å²) in [5.41, 5.74) is 2.32. The van der Waals surface area contributed by atoms with Crippen LogP contribution in [-0.4, -0.2) is 73.7 Å². The molecule has 3 rings (SSSR count). The Kier molecular flexibility index (Phi) is 13.2. The maximum absolute atomic E-state index is 12.4. The Hall–Kier alpha value is -2.70. The highest BCUT2D eigenvalue weighted by atomic mass is 16.5. The van der Waals surface area contributed by atoms with Gasteiger partial charge in [0.2, 0.25) is 0 Å². The topological polar surface area (TPSA) is 59.1 Å². The summed E-state index contributed by atoms with van der Waals surface area (Å²) in [5.74, 6) is -0.368. The molecule has 1 heterocycles. The zero-order valence-corrected chi connectivity index (χ0v) is 22.5. The van der Waals surface area contributed by atoms with E-state index in [0.717, 1.165) is 43.5 Å². The highest BCUT2D eigenvalue weighted by molar-refractivity contribution is 5.70. The molecule has 6 heteroatoms. The van der Waals surface area contributed by atoms with Gasteiger partial charge in [0.05, 0.1) is 26.1 Å². The number of hydrogen-bond donors (Lipinski definition) is 0. The van der Waals surface area contributed by atoms with Crippen molar-refractivity contribution in [3.63, 3.8) is 0 Å². The monoisotopic (exact) mass is 508 g/mol. The molecule has 1 saturated heterocycles. The molecule has 0 aliphatic carbocycles. The van der Waals surface area contributed by atoms with Gasteiger partial charge >= 0.3 is 11.9 Å². The SMILES string of the molecule is CC1CCCCN1CCCN(CCC(=O)OCCc1ccccc1)CCC(=O)OCCc1ccccc1. The van der Waals surface area contributed by atoms with E-state index < -0.39 is 0 Å². The minimum absolute atomic E-state index is 0.184. The van der Waals surface area contributed by atoms with E-state index in [-0.39, 0.29) is 11.9 Å². The van der Waals surface area contributed by atoms with Crippen molar-refractivity contribution in [1.82, 2.24) is 9.80 Å². The summed E-state index contributed by atoms with van der Waals surface area (Å²) >= 11 is 0. The molecule has 0 N–H and O–H groups in total. The standard InChI is InChI=1S/C31H44N2O4/c1-27-11-8-9-21-33(27)22-10-20-32(23-16-30(34)36-25-18-28-12-4-2-5-13-28)24-17-31(35)37-26-19-29-14-6-3-7-15-29/h2-7,12-15,27H,8-11,16-26H2,1H3. The van der Waals surface area contributed by atoms with E-state index in [9.17, 15) is 9.59 Å². The van der Waals surface area contributed by atoms with Crippen LogP contribution < -0.4 is 0 Å². The summed E-state index contributed by atoms with van der Waals surface area (Å²) in [7, 11) is 0. The predicted octanol–water partition coefficient (Wildman–Crippen LogP) is 4.90. The number of benzene rings is 2. The minimum Gasteiger partial charge on any atom is -0.465 e. The van der Waals surface area contributed by atoms with E-state index in [1.807, 2.05) is 60.7 Å². The van der Waals surface area contributed by atoms with E-state index in [0.29, 0.717) is 45.2 Å². The van der Waals surface area contributed by atoms with Crippen LogP contribution in [0.15, 0.2) is 60.7 Å². The lowest BCUT2D eigenvalue weighted by atomic mass is 10.0. The number of piperidine rings is 1. The molecule has 1 unspecified atom stereocenters. The van der Waals surface area contributed by atoms with Crippen molar-refractivity contribution in [2.24, 2.45) is 0 Å². The predicted molar refractivity (Wildman–Crippen MR) is 147 cm³/mol. The summed E-state index contributed by atoms with van der Waals surface area (Å²) in [6, 6.07) is 20.7. The van der Waals surface area contributed by atoms with Crippen molar-refractivity contribution in [1.29, 1.82) is 0 Å². The van der Waals surface area contributed by atoms with Crippen molar-refractivity contribution in [2.75, 3.05) is 45.9 Å². The first-order valence-corrected chi connectivity index (χ1v) is 14.0. The van der Waals surface area contributed by atoms with Crippen molar-refractivity contribution < 1.29 is 19.1 Å². The van der Waals surface area contributed by atoms with Gasteiger partial charge in [0.25, 0.3) is 0 Å². The second-order valence-corrected chi connectivity index (χ2v) is 9.99. The number of nitrogens with zero attached hydrogens (tertiary/aromatic N) is 2. The van der Waals surface area contributed by atoms with Crippen molar-refractivity contribution >= 4 is 11.9 Å². The largest absolute Gasteiger partial charge is 0.465 e. The van der Waals surface area contributed by atoms with E-state index >= 15 is 0 Å². The molecule has 37 heavy (non-hydrogen) atoms. The van der Waals surface area contributed by atoms with Crippen molar-refractivity contribution in [3.8, 4) is 0 Å². The summed E-state index contributed by atoms with van der Waals surface area (Å²) < 4.78 is 10.9. The van der Waals surface area contributed by atoms with Crippen LogP contribution in [0.25, 0.3) is 0 Å². The number of carbonyl (C=O) groups excluding carboxylic acids is 2. The second-order valence-electron chi connectivity index (χ2n) is 9.99. The summed E-state index contributed by atoms with van der Waals surface area (Å²) in [4.78, 5) is 29.5. The smallest absolute Gasteiger partial charge is 0.307 e. The average molecular weight is 509 g/mol. The van der Waals surface area contributed by atoms with Gasteiger partial charge in [-0.25, -0.2) is 0 Å². The van der Waals surface area contributed by atoms with E-state index in [1.54, 1.807) is 0 Å². The highest BCUT2D eigenvalue weighted by Crippen LogP contribution is 2.16. The Balaban J connectivity index is 1.38. The molecule has 1 atom stereocenters. The number of esters is 2. The van der Waals surface area contributed by atoms with E-state index in [4.69, 9.17) is 9.47 Å². The summed E-state index contributed by atoms with van der Waals surface area (Å²) in [5, 5.41) is 0. The number of carbonyl (C=O) groups is 2. The molecule has 0 radical (unpaired) electrons. The lowest BCUT2D eigenvalue weighted by Gasteiger charge is -2.34. The number of hydrogen-bond acceptors (Lipinski definition) is 6. The van der Waals surface area contributed by atoms with E-state index in [2.05, 4.69) is 16.7 Å². The highest BCUT2D eigenvalue weighted by Gasteiger charge is 2.18. The van der Waals surface area contributed by atoms with Crippen LogP contribution in [0, 0.1) is 0 Å². The molecule has 202 valence electrons. The first kappa shape index (κ1) is 28.9. The third-order valence-corrected chi connectivity index (χ3v) is 7.12. The van der Waals surface area contributed by atoms with Crippen LogP contribution in [0.1, 0.15) is 56.6 Å². The van der Waals surface area contributed by atoms with Crippen LogP contribution in [0.2, 0.25) is 0 Å². The van der Waals surface area contributed by atoms with E-state index in [1.165, 1.54) is 25.8 Å². The van der Waals surface area contributed by atoms with Crippen molar-refractivity contribution in [3.05, 3.63) is 71.8 Å². The average Bonchev–Trinajstić information content (AvgIpc) is 2.92. The zero-order chi connectivity index (χ0) is 26.1. The Morgan fingerprint density at radius 2 is 1.35 bits per heavy atom. The molecule has 2 aromatic rings. The third kappa shape index (κ3) is 11.9. The Morgan fingerprint density at radius 3 is 1.86 bits per heavy atom. The van der Waals surface area contributed by atoms with Gasteiger partial charge in [0.15, 0.2) is 0 Å². The molecule has 0 bridgehead atoms. The maximum atomic E-state index is 12.4. The Morgan fingerprint density at radius 1 is 0.811 bits per heavy atom. The molecular weight excluding hydrogens is 464 g/mol. The lowest BCUT2D eigenvalue weighted by Crippen LogP contribution is -2.39. The summed E-state index contributed by atoms with van der Waals surface area (Å²) in [6.45, 7) is 7.37. The lowest BCUT2D eigenvalue weighted by molar-refractivity contribution is -0.144. The molecule has 1 fully saturated rings. The fourth-order valence-electron chi connectivity index (χ4n) is 4.82. The van der Waals surface area contributed by atoms with Crippen LogP contribution in [0.4, 0.5) is 0 Å². The van der Waals surface area contributed by atoms with Gasteiger partial charge in [-0.3, -0.25) is 9.59 Å². The summed E-state index contributed by atoms with van der Waals surface area (Å²) in [6.07, 6.45) is 7.00. The fourth-order valence-corrected chi connectivity index (χ4v) is 4.82. The van der Waals surface area contributed by atoms with Crippen LogP contribution in [0.3, 0.4) is 0 Å². The normalized spacial score (nSPS) is 16.0. The second kappa shape index (κ2) is 16.9. The van der Waals surface area contributed by atoms with Gasteiger partial charge in [0.1, 0.15) is 0 Å². The maximum Gasteiger partial charge on any atom is 0.307 e. The van der Waals surface area contributed by atoms with Gasteiger partial charge < -0.3 is 19.3 Å². The first-order chi connectivity index (χ1) is 18.1. The molecule has 0 saturated carbocycles. The molecule has 0 amide bonds. The molecule has 0 spiro atoms. The number of ether oxygens (including phenoxy) is 2. The van der Waals surface area contributed by atoms with Gasteiger partial charge in [0, 0.05) is 32.0 Å². The third-order valence-electron chi connectivity index (χ3n) is 7.12. The van der Waals surface area contributed by atoms with Gasteiger partial charge in [-0.05, 0) is 56.9 Å². The molecule has 6 nitrogen and oxygen atoms in total. The van der Waals surface area contributed by atoms with Gasteiger partial charge in [-0.1, -0.05) is 67.1 Å². The molecule has 2 aromatic carbocycles. The van der Waals surface area contributed by atoms with Gasteiger partial charge in [-0.2, -0.15) is 0 Å². The van der Waals surface area contributed by atoms with Crippen molar-refractivity contribution in [2.45, 2.75) is 64.3 Å². The quantitative estimate of drug-likeness (QED) is 0.301. The molecule has 1 aliphatic rings.